The molecule has 0 aliphatic carbocycles. The van der Waals surface area contributed by atoms with Crippen molar-refractivity contribution in [3.63, 3.8) is 0 Å². The Morgan fingerprint density at radius 2 is 2.50 bits per heavy atom. The summed E-state index contributed by atoms with van der Waals surface area (Å²) in [6, 6.07) is 3.95. The monoisotopic (exact) mass is 109 g/mol. The molecule has 8 heavy (non-hydrogen) atoms. The van der Waals surface area contributed by atoms with E-state index in [2.05, 4.69) is 6.92 Å². The smallest absolute Gasteiger partial charge is 0.224 e. The van der Waals surface area contributed by atoms with Crippen molar-refractivity contribution in [2.24, 2.45) is 0 Å². The lowest BCUT2D eigenvalue weighted by Gasteiger charge is -1.80. The van der Waals surface area contributed by atoms with E-state index in [9.17, 15) is 0 Å². The summed E-state index contributed by atoms with van der Waals surface area (Å²) in [5.41, 5.74) is 1.24. The molecule has 0 amide bonds. The van der Waals surface area contributed by atoms with E-state index in [1.54, 1.807) is 12.5 Å². The van der Waals surface area contributed by atoms with Crippen LogP contribution in [0, 0.1) is 0 Å². The second kappa shape index (κ2) is 2.46. The minimum absolute atomic E-state index is 1.05. The Morgan fingerprint density at radius 1 is 1.62 bits per heavy atom. The average Bonchev–Trinajstić information content (AvgIpc) is 1.90. The molecule has 0 spiro atoms. The van der Waals surface area contributed by atoms with Crippen LogP contribution in [0.25, 0.3) is 0 Å². The Bertz CT molecular complexity index is 146. The van der Waals surface area contributed by atoms with Gasteiger partial charge in [0, 0.05) is 11.6 Å². The number of aryl methyl sites for hydroxylation is 1. The van der Waals surface area contributed by atoms with E-state index < -0.39 is 0 Å². The van der Waals surface area contributed by atoms with Crippen LogP contribution in [0.4, 0.5) is 0 Å². The van der Waals surface area contributed by atoms with E-state index in [-0.39, 0.29) is 0 Å². The van der Waals surface area contributed by atoms with Gasteiger partial charge >= 0.3 is 12.5 Å². The van der Waals surface area contributed by atoms with Gasteiger partial charge in [0.2, 0.25) is 0 Å². The molecule has 0 bridgehead atoms. The highest BCUT2D eigenvalue weighted by atomic mass is 16.3. The molecule has 42 valence electrons. The molecule has 0 aliphatic rings. The lowest BCUT2D eigenvalue weighted by atomic mass is 10.2. The first-order valence-electron chi connectivity index (χ1n) is 2.78. The summed E-state index contributed by atoms with van der Waals surface area (Å²) in [7, 11) is 0. The molecule has 0 saturated heterocycles. The lowest BCUT2D eigenvalue weighted by molar-refractivity contribution is 0.543. The highest BCUT2D eigenvalue weighted by Crippen LogP contribution is 1.96. The van der Waals surface area contributed by atoms with Gasteiger partial charge in [0.15, 0.2) is 0 Å². The molecule has 1 rings (SSSR count). The van der Waals surface area contributed by atoms with Crippen LogP contribution in [0.3, 0.4) is 0 Å². The third-order valence-corrected chi connectivity index (χ3v) is 1.10. The molecule has 0 atom stereocenters. The summed E-state index contributed by atoms with van der Waals surface area (Å²) in [6.07, 6.45) is 4.48. The van der Waals surface area contributed by atoms with Crippen molar-refractivity contribution in [2.45, 2.75) is 13.3 Å². The van der Waals surface area contributed by atoms with Crippen molar-refractivity contribution in [3.05, 3.63) is 30.2 Å². The third kappa shape index (κ3) is 1.06. The molecular formula is C7H9O+. The van der Waals surface area contributed by atoms with E-state index in [1.165, 1.54) is 5.56 Å². The van der Waals surface area contributed by atoms with Gasteiger partial charge in [0.1, 0.15) is 0 Å². The van der Waals surface area contributed by atoms with Crippen molar-refractivity contribution in [1.29, 1.82) is 0 Å². The fourth-order valence-corrected chi connectivity index (χ4v) is 0.575. The predicted molar refractivity (Wildman–Crippen MR) is 32.5 cm³/mol. The van der Waals surface area contributed by atoms with Gasteiger partial charge in [-0.1, -0.05) is 6.92 Å². The average molecular weight is 109 g/mol. The fourth-order valence-electron chi connectivity index (χ4n) is 0.575. The molecule has 0 aliphatic heterocycles. The van der Waals surface area contributed by atoms with E-state index in [0.717, 1.165) is 6.42 Å². The van der Waals surface area contributed by atoms with Crippen molar-refractivity contribution in [3.8, 4) is 0 Å². The second-order valence-electron chi connectivity index (χ2n) is 1.68. The fraction of sp³-hybridized carbons (Fsp3) is 0.286. The van der Waals surface area contributed by atoms with E-state index in [4.69, 9.17) is 4.42 Å². The molecule has 0 saturated carbocycles. The Labute approximate surface area is 49.0 Å². The van der Waals surface area contributed by atoms with E-state index >= 15 is 0 Å². The topological polar surface area (TPSA) is 11.3 Å². The summed E-state index contributed by atoms with van der Waals surface area (Å²) in [6.45, 7) is 2.10. The number of hydrogen-bond acceptors (Lipinski definition) is 0. The molecule has 0 fully saturated rings. The van der Waals surface area contributed by atoms with Crippen LogP contribution < -0.4 is 0 Å². The first-order valence-corrected chi connectivity index (χ1v) is 2.78. The first kappa shape index (κ1) is 5.29. The van der Waals surface area contributed by atoms with Gasteiger partial charge in [-0.2, -0.15) is 0 Å². The third-order valence-electron chi connectivity index (χ3n) is 1.10. The number of hydrogen-bond donors (Lipinski definition) is 0. The maximum absolute atomic E-state index is 4.90. The second-order valence-corrected chi connectivity index (χ2v) is 1.68. The van der Waals surface area contributed by atoms with Crippen LogP contribution in [0.15, 0.2) is 29.1 Å². The summed E-state index contributed by atoms with van der Waals surface area (Å²) in [5, 5.41) is 0. The molecular weight excluding hydrogens is 100 g/mol. The van der Waals surface area contributed by atoms with E-state index in [1.807, 2.05) is 12.1 Å². The molecule has 1 heteroatoms. The van der Waals surface area contributed by atoms with Gasteiger partial charge in [-0.3, -0.25) is 0 Å². The Hall–Kier alpha value is -0.850. The van der Waals surface area contributed by atoms with E-state index in [0.29, 0.717) is 0 Å². The molecule has 1 aromatic rings. The van der Waals surface area contributed by atoms with Crippen LogP contribution in [0.2, 0.25) is 0 Å². The van der Waals surface area contributed by atoms with Crippen LogP contribution in [-0.4, -0.2) is 0 Å². The first-order chi connectivity index (χ1) is 3.93. The largest absolute Gasteiger partial charge is 0.321 e. The Kier molecular flexibility index (Phi) is 1.62. The molecule has 1 aromatic heterocycles. The molecule has 1 nitrogen and oxygen atoms in total. The van der Waals surface area contributed by atoms with Gasteiger partial charge in [0.05, 0.1) is 0 Å². The van der Waals surface area contributed by atoms with Crippen LogP contribution in [-0.2, 0) is 6.42 Å². The minimum Gasteiger partial charge on any atom is -0.224 e. The summed E-state index contributed by atoms with van der Waals surface area (Å²) in [4.78, 5) is 0. The predicted octanol–water partition coefficient (Wildman–Crippen LogP) is 2.12. The molecule has 0 unspecified atom stereocenters. The zero-order chi connectivity index (χ0) is 5.82. The number of rotatable bonds is 1. The highest BCUT2D eigenvalue weighted by Gasteiger charge is 1.91. The maximum Gasteiger partial charge on any atom is 0.321 e. The standard InChI is InChI=1S/C7H9O/c1-2-7-4-3-5-8-6-7/h3-6H,2H2,1H3/q+1. The van der Waals surface area contributed by atoms with Crippen molar-refractivity contribution in [1.82, 2.24) is 0 Å². The summed E-state index contributed by atoms with van der Waals surface area (Å²) < 4.78 is 4.90. The Morgan fingerprint density at radius 3 is 2.88 bits per heavy atom. The molecule has 1 heterocycles. The van der Waals surface area contributed by atoms with Gasteiger partial charge in [-0.15, -0.1) is 0 Å². The summed E-state index contributed by atoms with van der Waals surface area (Å²) in [5.74, 6) is 0. The van der Waals surface area contributed by atoms with Crippen LogP contribution in [0.1, 0.15) is 12.5 Å². The zero-order valence-electron chi connectivity index (χ0n) is 4.92. The summed E-state index contributed by atoms with van der Waals surface area (Å²) >= 11 is 0. The Balaban J connectivity index is 2.83. The molecule has 0 radical (unpaired) electrons. The van der Waals surface area contributed by atoms with Crippen LogP contribution in [0.5, 0.6) is 0 Å². The van der Waals surface area contributed by atoms with Gasteiger partial charge < -0.3 is 0 Å². The van der Waals surface area contributed by atoms with Gasteiger partial charge in [-0.05, 0) is 12.5 Å². The quantitative estimate of drug-likeness (QED) is 0.503. The van der Waals surface area contributed by atoms with Crippen molar-refractivity contribution < 1.29 is 4.42 Å². The molecule has 0 N–H and O–H groups in total. The zero-order valence-corrected chi connectivity index (χ0v) is 4.92. The van der Waals surface area contributed by atoms with Crippen molar-refractivity contribution >= 4 is 0 Å². The van der Waals surface area contributed by atoms with Gasteiger partial charge in [-0.25, -0.2) is 4.42 Å². The minimum atomic E-state index is 1.05. The van der Waals surface area contributed by atoms with Crippen LogP contribution >= 0.6 is 0 Å². The lowest BCUT2D eigenvalue weighted by Crippen LogP contribution is -1.73. The molecule has 0 aromatic carbocycles. The highest BCUT2D eigenvalue weighted by molar-refractivity contribution is 5.04. The normalized spacial score (nSPS) is 9.12. The SMILES string of the molecule is CCc1ccc[o+]c1. The van der Waals surface area contributed by atoms with Crippen molar-refractivity contribution in [2.75, 3.05) is 0 Å². The van der Waals surface area contributed by atoms with Gasteiger partial charge in [0.25, 0.3) is 0 Å². The maximum atomic E-state index is 4.90.